The summed E-state index contributed by atoms with van der Waals surface area (Å²) >= 11 is 0. The van der Waals surface area contributed by atoms with Gasteiger partial charge in [0.25, 0.3) is 0 Å². The summed E-state index contributed by atoms with van der Waals surface area (Å²) < 4.78 is 0. The Kier molecular flexibility index (Phi) is 13.0. The van der Waals surface area contributed by atoms with Gasteiger partial charge in [-0.15, -0.1) is 0 Å². The van der Waals surface area contributed by atoms with Crippen LogP contribution in [-0.4, -0.2) is 95.7 Å². The maximum Gasteiger partial charge on any atom is 0.247 e. The number of carbonyl (C=O) groups excluding carboxylic acids is 3. The average Bonchev–Trinajstić information content (AvgIpc) is 3.22. The molecule has 2 heterocycles. The number of piperazine rings is 2. The molecule has 0 spiro atoms. The van der Waals surface area contributed by atoms with Crippen molar-refractivity contribution in [1.29, 1.82) is 5.26 Å². The molecule has 6 rings (SSSR count). The molecule has 2 aliphatic heterocycles. The van der Waals surface area contributed by atoms with Crippen molar-refractivity contribution in [2.24, 2.45) is 0 Å². The van der Waals surface area contributed by atoms with Gasteiger partial charge in [-0.05, 0) is 63.6 Å². The molecule has 3 amide bonds. The number of rotatable bonds is 11. The summed E-state index contributed by atoms with van der Waals surface area (Å²) in [5.74, 6) is -0.170. The van der Waals surface area contributed by atoms with E-state index >= 15 is 0 Å². The fourth-order valence-electron chi connectivity index (χ4n) is 7.44. The number of amides is 3. The Morgan fingerprint density at radius 3 is 1.93 bits per heavy atom. The van der Waals surface area contributed by atoms with Gasteiger partial charge in [0.15, 0.2) is 0 Å². The summed E-state index contributed by atoms with van der Waals surface area (Å²) in [6.45, 7) is 14.6. The summed E-state index contributed by atoms with van der Waals surface area (Å²) in [7, 11) is 0. The van der Waals surface area contributed by atoms with Crippen LogP contribution in [0.4, 0.5) is 5.69 Å². The highest BCUT2D eigenvalue weighted by Crippen LogP contribution is 2.24. The lowest BCUT2D eigenvalue weighted by Crippen LogP contribution is -2.56. The summed E-state index contributed by atoms with van der Waals surface area (Å²) in [4.78, 5) is 51.2. The van der Waals surface area contributed by atoms with Crippen LogP contribution in [-0.2, 0) is 39.3 Å². The maximum absolute atomic E-state index is 14.7. The third-order valence-corrected chi connectivity index (χ3v) is 11.0. The van der Waals surface area contributed by atoms with E-state index in [4.69, 9.17) is 0 Å². The Hall–Kier alpha value is -5.72. The highest BCUT2D eigenvalue weighted by Gasteiger charge is 2.34. The Labute approximate surface area is 332 Å². The average molecular weight is 751 g/mol. The first-order chi connectivity index (χ1) is 27.0. The smallest absolute Gasteiger partial charge is 0.247 e. The maximum atomic E-state index is 14.7. The van der Waals surface area contributed by atoms with E-state index in [1.54, 1.807) is 17.9 Å². The van der Waals surface area contributed by atoms with Crippen LogP contribution in [0.25, 0.3) is 6.08 Å². The molecule has 2 fully saturated rings. The quantitative estimate of drug-likeness (QED) is 0.162. The first-order valence-electron chi connectivity index (χ1n) is 19.7. The van der Waals surface area contributed by atoms with Crippen molar-refractivity contribution in [3.63, 3.8) is 0 Å². The van der Waals surface area contributed by atoms with Gasteiger partial charge in [0.2, 0.25) is 17.7 Å². The molecule has 0 aromatic heterocycles. The van der Waals surface area contributed by atoms with E-state index in [0.29, 0.717) is 51.3 Å². The van der Waals surface area contributed by atoms with Crippen LogP contribution in [0, 0.1) is 11.3 Å². The van der Waals surface area contributed by atoms with Gasteiger partial charge in [-0.25, -0.2) is 0 Å². The number of anilines is 1. The van der Waals surface area contributed by atoms with Gasteiger partial charge in [0.05, 0.1) is 11.6 Å². The number of nitriles is 1. The molecule has 2 aliphatic rings. The zero-order valence-electron chi connectivity index (χ0n) is 33.2. The number of nitrogens with zero attached hydrogens (tertiary/aromatic N) is 6. The molecule has 0 aliphatic carbocycles. The van der Waals surface area contributed by atoms with Crippen molar-refractivity contribution >= 4 is 29.5 Å². The molecule has 290 valence electrons. The highest BCUT2D eigenvalue weighted by molar-refractivity contribution is 5.96. The first-order valence-corrected chi connectivity index (χ1v) is 19.7. The fourth-order valence-corrected chi connectivity index (χ4v) is 7.44. The minimum atomic E-state index is -0.720. The van der Waals surface area contributed by atoms with Gasteiger partial charge in [0.1, 0.15) is 6.04 Å². The molecule has 4 aromatic carbocycles. The number of carbonyl (C=O) groups is 3. The largest absolute Gasteiger partial charge is 0.368 e. The number of hydrogen-bond acceptors (Lipinski definition) is 6. The lowest BCUT2D eigenvalue weighted by Gasteiger charge is -2.39. The molecule has 0 saturated carbocycles. The zero-order chi connectivity index (χ0) is 39.7. The lowest BCUT2D eigenvalue weighted by molar-refractivity contribution is -0.145. The van der Waals surface area contributed by atoms with Crippen molar-refractivity contribution < 1.29 is 14.4 Å². The lowest BCUT2D eigenvalue weighted by atomic mass is 9.87. The Morgan fingerprint density at radius 1 is 0.732 bits per heavy atom. The van der Waals surface area contributed by atoms with Crippen LogP contribution < -0.4 is 4.90 Å². The van der Waals surface area contributed by atoms with E-state index in [-0.39, 0.29) is 29.7 Å². The van der Waals surface area contributed by atoms with E-state index in [1.165, 1.54) is 5.56 Å². The Morgan fingerprint density at radius 2 is 1.34 bits per heavy atom. The summed E-state index contributed by atoms with van der Waals surface area (Å²) in [6, 6.07) is 35.6. The molecule has 0 N–H and O–H groups in total. The van der Waals surface area contributed by atoms with Crippen molar-refractivity contribution in [3.8, 4) is 6.07 Å². The standard InChI is InChI=1S/C47H54N6O3/c1-36(54)50-28-30-51(31-29-50)43-21-16-41(17-22-43)35-53(45(55)23-18-37-14-19-42(20-15-37)47(2,3)4)44(32-38-8-6-5-7-9-38)46(56)52-26-24-49(25-27-52)34-40-12-10-39(33-48)11-13-40/h5-23,44H,24-32,34-35H2,1-4H3/t44-/m0/s1. The molecule has 0 unspecified atom stereocenters. The summed E-state index contributed by atoms with van der Waals surface area (Å²) in [5.41, 5.74) is 6.93. The predicted molar refractivity (Wildman–Crippen MR) is 223 cm³/mol. The molecule has 4 aromatic rings. The van der Waals surface area contributed by atoms with Gasteiger partial charge in [-0.2, -0.15) is 5.26 Å². The van der Waals surface area contributed by atoms with Crippen molar-refractivity contribution in [2.75, 3.05) is 57.3 Å². The van der Waals surface area contributed by atoms with Crippen LogP contribution in [0.15, 0.2) is 109 Å². The molecule has 0 radical (unpaired) electrons. The van der Waals surface area contributed by atoms with Gasteiger partial charge in [-0.1, -0.05) is 99.6 Å². The normalized spacial score (nSPS) is 15.7. The Balaban J connectivity index is 1.24. The van der Waals surface area contributed by atoms with Gasteiger partial charge in [0, 0.05) is 90.6 Å². The highest BCUT2D eigenvalue weighted by atomic mass is 16.2. The van der Waals surface area contributed by atoms with Crippen LogP contribution in [0.3, 0.4) is 0 Å². The van der Waals surface area contributed by atoms with Crippen molar-refractivity contribution in [2.45, 2.75) is 58.7 Å². The van der Waals surface area contributed by atoms with E-state index in [9.17, 15) is 19.6 Å². The Bertz CT molecular complexity index is 2000. The molecule has 0 bridgehead atoms. The predicted octanol–water partition coefficient (Wildman–Crippen LogP) is 6.52. The van der Waals surface area contributed by atoms with E-state index in [1.807, 2.05) is 94.7 Å². The molecular weight excluding hydrogens is 697 g/mol. The second kappa shape index (κ2) is 18.3. The summed E-state index contributed by atoms with van der Waals surface area (Å²) in [6.07, 6.45) is 3.84. The molecule has 9 nitrogen and oxygen atoms in total. The molecule has 9 heteroatoms. The second-order valence-corrected chi connectivity index (χ2v) is 15.9. The topological polar surface area (TPSA) is 91.2 Å². The van der Waals surface area contributed by atoms with Crippen LogP contribution in [0.1, 0.15) is 61.1 Å². The number of hydrogen-bond donors (Lipinski definition) is 0. The van der Waals surface area contributed by atoms with E-state index in [2.05, 4.69) is 60.9 Å². The molecule has 2 saturated heterocycles. The van der Waals surface area contributed by atoms with Crippen LogP contribution in [0.2, 0.25) is 0 Å². The second-order valence-electron chi connectivity index (χ2n) is 15.9. The zero-order valence-corrected chi connectivity index (χ0v) is 33.2. The van der Waals surface area contributed by atoms with Crippen molar-refractivity contribution in [3.05, 3.63) is 143 Å². The molecule has 1 atom stereocenters. The minimum Gasteiger partial charge on any atom is -0.368 e. The third kappa shape index (κ3) is 10.5. The molecule has 56 heavy (non-hydrogen) atoms. The van der Waals surface area contributed by atoms with Crippen molar-refractivity contribution in [1.82, 2.24) is 19.6 Å². The SMILES string of the molecule is CC(=O)N1CCN(c2ccc(CN(C(=O)C=Cc3ccc(C(C)(C)C)cc3)[C@@H](Cc3ccccc3)C(=O)N3CCN(Cc4ccc(C#N)cc4)CC3)cc2)CC1. The fraction of sp³-hybridized carbons (Fsp3) is 0.362. The van der Waals surface area contributed by atoms with E-state index in [0.717, 1.165) is 47.6 Å². The molecular formula is C47H54N6O3. The van der Waals surface area contributed by atoms with Gasteiger partial charge >= 0.3 is 0 Å². The van der Waals surface area contributed by atoms with Crippen LogP contribution >= 0.6 is 0 Å². The van der Waals surface area contributed by atoms with E-state index < -0.39 is 6.04 Å². The number of benzene rings is 4. The summed E-state index contributed by atoms with van der Waals surface area (Å²) in [5, 5.41) is 9.18. The van der Waals surface area contributed by atoms with Gasteiger partial charge < -0.3 is 19.6 Å². The first kappa shape index (κ1) is 40.0. The minimum absolute atomic E-state index is 0.0213. The monoisotopic (exact) mass is 750 g/mol. The third-order valence-electron chi connectivity index (χ3n) is 11.0. The van der Waals surface area contributed by atoms with Crippen LogP contribution in [0.5, 0.6) is 0 Å². The van der Waals surface area contributed by atoms with Gasteiger partial charge in [-0.3, -0.25) is 19.3 Å².